The number of aromatic nitrogens is 1. The van der Waals surface area contributed by atoms with Gasteiger partial charge in [0.25, 0.3) is 0 Å². The highest BCUT2D eigenvalue weighted by molar-refractivity contribution is 5.20. The molecule has 0 saturated heterocycles. The Morgan fingerprint density at radius 2 is 2.00 bits per heavy atom. The number of pyridine rings is 1. The van der Waals surface area contributed by atoms with Gasteiger partial charge in [-0.15, -0.1) is 0 Å². The summed E-state index contributed by atoms with van der Waals surface area (Å²) in [5.41, 5.74) is 1.15. The number of nitrogens with one attached hydrogen (secondary N) is 1. The first-order chi connectivity index (χ1) is 9.30. The molecule has 1 heterocycles. The third kappa shape index (κ3) is 6.52. The van der Waals surface area contributed by atoms with Crippen molar-refractivity contribution in [2.45, 2.75) is 33.1 Å². The Kier molecular flexibility index (Phi) is 8.13. The van der Waals surface area contributed by atoms with Gasteiger partial charge in [0.15, 0.2) is 6.29 Å². The third-order valence-electron chi connectivity index (χ3n) is 2.60. The van der Waals surface area contributed by atoms with Crippen molar-refractivity contribution >= 4 is 0 Å². The molecule has 19 heavy (non-hydrogen) atoms. The molecule has 1 rings (SSSR count). The van der Waals surface area contributed by atoms with Crippen LogP contribution in [0.4, 0.5) is 0 Å². The summed E-state index contributed by atoms with van der Waals surface area (Å²) in [6, 6.07) is 3.90. The van der Waals surface area contributed by atoms with Gasteiger partial charge in [0.1, 0.15) is 0 Å². The van der Waals surface area contributed by atoms with Crippen molar-refractivity contribution in [1.29, 1.82) is 0 Å². The molecule has 1 N–H and O–H groups in total. The van der Waals surface area contributed by atoms with Crippen LogP contribution in [0.5, 0.6) is 5.88 Å². The molecule has 1 aromatic rings. The van der Waals surface area contributed by atoms with Crippen molar-refractivity contribution in [1.82, 2.24) is 10.3 Å². The number of ether oxygens (including phenoxy) is 3. The summed E-state index contributed by atoms with van der Waals surface area (Å²) in [7, 11) is 1.62. The molecule has 5 heteroatoms. The van der Waals surface area contributed by atoms with Gasteiger partial charge >= 0.3 is 0 Å². The Bertz CT molecular complexity index is 341. The van der Waals surface area contributed by atoms with Crippen molar-refractivity contribution in [3.63, 3.8) is 0 Å². The van der Waals surface area contributed by atoms with Crippen LogP contribution in [0.2, 0.25) is 0 Å². The largest absolute Gasteiger partial charge is 0.481 e. The average molecular weight is 268 g/mol. The summed E-state index contributed by atoms with van der Waals surface area (Å²) < 4.78 is 16.0. The van der Waals surface area contributed by atoms with Gasteiger partial charge in [-0.2, -0.15) is 0 Å². The molecule has 0 radical (unpaired) electrons. The van der Waals surface area contributed by atoms with Crippen molar-refractivity contribution in [2.24, 2.45) is 0 Å². The fraction of sp³-hybridized carbons (Fsp3) is 0.643. The van der Waals surface area contributed by atoms with Gasteiger partial charge in [0, 0.05) is 45.0 Å². The van der Waals surface area contributed by atoms with Gasteiger partial charge in [-0.1, -0.05) is 0 Å². The molecule has 108 valence electrons. The molecule has 0 aromatic carbocycles. The molecule has 1 aromatic heterocycles. The van der Waals surface area contributed by atoms with Crippen molar-refractivity contribution < 1.29 is 14.2 Å². The average Bonchev–Trinajstić information content (AvgIpc) is 2.44. The van der Waals surface area contributed by atoms with Crippen LogP contribution in [-0.4, -0.2) is 38.1 Å². The van der Waals surface area contributed by atoms with Crippen molar-refractivity contribution in [3.8, 4) is 5.88 Å². The molecule has 0 amide bonds. The van der Waals surface area contributed by atoms with Crippen LogP contribution in [0, 0.1) is 0 Å². The zero-order chi connectivity index (χ0) is 13.9. The highest BCUT2D eigenvalue weighted by atomic mass is 16.7. The van der Waals surface area contributed by atoms with E-state index >= 15 is 0 Å². The van der Waals surface area contributed by atoms with Gasteiger partial charge in [-0.25, -0.2) is 4.98 Å². The van der Waals surface area contributed by atoms with Gasteiger partial charge in [-0.3, -0.25) is 0 Å². The molecule has 0 aliphatic heterocycles. The zero-order valence-electron chi connectivity index (χ0n) is 12.0. The number of rotatable bonds is 10. The minimum absolute atomic E-state index is 0.116. The molecule has 0 aliphatic carbocycles. The van der Waals surface area contributed by atoms with Gasteiger partial charge < -0.3 is 19.5 Å². The Labute approximate surface area is 115 Å². The molecule has 0 spiro atoms. The van der Waals surface area contributed by atoms with Gasteiger partial charge in [0.05, 0.1) is 7.11 Å². The Morgan fingerprint density at radius 3 is 2.63 bits per heavy atom. The van der Waals surface area contributed by atoms with E-state index < -0.39 is 0 Å². The van der Waals surface area contributed by atoms with E-state index in [0.29, 0.717) is 19.1 Å². The van der Waals surface area contributed by atoms with E-state index in [0.717, 1.165) is 25.1 Å². The quantitative estimate of drug-likeness (QED) is 0.519. The summed E-state index contributed by atoms with van der Waals surface area (Å²) in [6.07, 6.45) is 2.47. The maximum absolute atomic E-state index is 5.48. The van der Waals surface area contributed by atoms with E-state index in [1.54, 1.807) is 13.3 Å². The topological polar surface area (TPSA) is 52.6 Å². The second kappa shape index (κ2) is 9.72. The molecule has 0 saturated carbocycles. The van der Waals surface area contributed by atoms with E-state index in [-0.39, 0.29) is 6.29 Å². The number of hydrogen-bond donors (Lipinski definition) is 1. The lowest BCUT2D eigenvalue weighted by Crippen LogP contribution is -2.24. The smallest absolute Gasteiger partial charge is 0.213 e. The molecule has 0 unspecified atom stereocenters. The van der Waals surface area contributed by atoms with E-state index in [1.807, 2.05) is 26.0 Å². The summed E-state index contributed by atoms with van der Waals surface area (Å²) in [5, 5.41) is 3.36. The highest BCUT2D eigenvalue weighted by Gasteiger charge is 2.06. The number of hydrogen-bond acceptors (Lipinski definition) is 5. The molecule has 0 fully saturated rings. The minimum atomic E-state index is -0.116. The monoisotopic (exact) mass is 268 g/mol. The SMILES string of the molecule is CCOC(CCNCc1ccnc(OC)c1)OCC. The molecular formula is C14H24N2O3. The molecular weight excluding hydrogens is 244 g/mol. The Hall–Kier alpha value is -1.17. The van der Waals surface area contributed by atoms with Crippen LogP contribution in [0.3, 0.4) is 0 Å². The van der Waals surface area contributed by atoms with Crippen LogP contribution >= 0.6 is 0 Å². The van der Waals surface area contributed by atoms with Crippen LogP contribution in [-0.2, 0) is 16.0 Å². The first-order valence-corrected chi connectivity index (χ1v) is 6.73. The van der Waals surface area contributed by atoms with E-state index in [2.05, 4.69) is 10.3 Å². The Balaban J connectivity index is 2.25. The molecule has 0 aliphatic rings. The predicted octanol–water partition coefficient (Wildman–Crippen LogP) is 1.97. The maximum atomic E-state index is 5.48. The third-order valence-corrected chi connectivity index (χ3v) is 2.60. The van der Waals surface area contributed by atoms with Crippen molar-refractivity contribution in [2.75, 3.05) is 26.9 Å². The standard InChI is InChI=1S/C14H24N2O3/c1-4-18-14(19-5-2)7-8-15-11-12-6-9-16-13(10-12)17-3/h6,9-10,14-15H,4-5,7-8,11H2,1-3H3. The minimum Gasteiger partial charge on any atom is -0.481 e. The second-order valence-corrected chi connectivity index (χ2v) is 4.01. The summed E-state index contributed by atoms with van der Waals surface area (Å²) in [6.45, 7) is 6.92. The summed E-state index contributed by atoms with van der Waals surface area (Å²) in [4.78, 5) is 4.07. The maximum Gasteiger partial charge on any atom is 0.213 e. The van der Waals surface area contributed by atoms with Crippen molar-refractivity contribution in [3.05, 3.63) is 23.9 Å². The van der Waals surface area contributed by atoms with E-state index in [9.17, 15) is 0 Å². The van der Waals surface area contributed by atoms with Gasteiger partial charge in [0.2, 0.25) is 5.88 Å². The summed E-state index contributed by atoms with van der Waals surface area (Å²) >= 11 is 0. The van der Waals surface area contributed by atoms with Crippen LogP contribution in [0.1, 0.15) is 25.8 Å². The number of methoxy groups -OCH3 is 1. The molecule has 5 nitrogen and oxygen atoms in total. The van der Waals surface area contributed by atoms with Crippen LogP contribution < -0.4 is 10.1 Å². The molecule has 0 bridgehead atoms. The van der Waals surface area contributed by atoms with E-state index in [4.69, 9.17) is 14.2 Å². The first kappa shape index (κ1) is 15.9. The highest BCUT2D eigenvalue weighted by Crippen LogP contribution is 2.08. The lowest BCUT2D eigenvalue weighted by molar-refractivity contribution is -0.138. The lowest BCUT2D eigenvalue weighted by atomic mass is 10.2. The number of nitrogens with zero attached hydrogens (tertiary/aromatic N) is 1. The van der Waals surface area contributed by atoms with Crippen LogP contribution in [0.25, 0.3) is 0 Å². The summed E-state index contributed by atoms with van der Waals surface area (Å²) in [5.74, 6) is 0.640. The first-order valence-electron chi connectivity index (χ1n) is 6.73. The molecule has 0 atom stereocenters. The van der Waals surface area contributed by atoms with Crippen LogP contribution in [0.15, 0.2) is 18.3 Å². The van der Waals surface area contributed by atoms with E-state index in [1.165, 1.54) is 0 Å². The fourth-order valence-corrected chi connectivity index (χ4v) is 1.71. The zero-order valence-corrected chi connectivity index (χ0v) is 12.0. The Morgan fingerprint density at radius 1 is 1.26 bits per heavy atom. The van der Waals surface area contributed by atoms with Gasteiger partial charge in [-0.05, 0) is 25.5 Å². The lowest BCUT2D eigenvalue weighted by Gasteiger charge is -2.17. The normalized spacial score (nSPS) is 10.9. The predicted molar refractivity (Wildman–Crippen MR) is 74.2 cm³/mol. The second-order valence-electron chi connectivity index (χ2n) is 4.01. The fourth-order valence-electron chi connectivity index (χ4n) is 1.71.